The summed E-state index contributed by atoms with van der Waals surface area (Å²) in [6.45, 7) is -0.208. The Morgan fingerprint density at radius 2 is 1.72 bits per heavy atom. The van der Waals surface area contributed by atoms with Crippen LogP contribution in [0, 0.1) is 0 Å². The molecule has 0 unspecified atom stereocenters. The monoisotopic (exact) mass is 302 g/mol. The number of aliphatic hydroxyl groups excluding tert-OH is 1. The molecule has 2 nitrogen and oxygen atoms in total. The zero-order chi connectivity index (χ0) is 13.1. The van der Waals surface area contributed by atoms with Crippen LogP contribution in [-0.2, 0) is 6.61 Å². The first-order valence-corrected chi connectivity index (χ1v) is 6.26. The Labute approximate surface area is 120 Å². The number of rotatable bonds is 3. The van der Waals surface area contributed by atoms with E-state index in [9.17, 15) is 5.11 Å². The summed E-state index contributed by atoms with van der Waals surface area (Å²) in [7, 11) is 0. The zero-order valence-electron chi connectivity index (χ0n) is 9.16. The van der Waals surface area contributed by atoms with Gasteiger partial charge < -0.3 is 9.84 Å². The number of aliphatic hydroxyl groups is 1. The molecule has 0 radical (unpaired) electrons. The maximum absolute atomic E-state index is 9.27. The molecule has 2 rings (SSSR count). The SMILES string of the molecule is OCc1c(Cl)cccc1Oc1ccc(Cl)cc1Cl. The van der Waals surface area contributed by atoms with Gasteiger partial charge in [-0.2, -0.15) is 0 Å². The first-order chi connectivity index (χ1) is 8.61. The topological polar surface area (TPSA) is 29.5 Å². The Bertz CT molecular complexity index is 570. The lowest BCUT2D eigenvalue weighted by atomic mass is 10.2. The van der Waals surface area contributed by atoms with Crippen molar-refractivity contribution in [2.24, 2.45) is 0 Å². The molecule has 5 heteroatoms. The van der Waals surface area contributed by atoms with E-state index >= 15 is 0 Å². The van der Waals surface area contributed by atoms with Crippen LogP contribution in [0.2, 0.25) is 15.1 Å². The molecule has 94 valence electrons. The summed E-state index contributed by atoms with van der Waals surface area (Å²) >= 11 is 17.8. The van der Waals surface area contributed by atoms with E-state index in [0.29, 0.717) is 32.1 Å². The third-order valence-electron chi connectivity index (χ3n) is 2.35. The number of benzene rings is 2. The van der Waals surface area contributed by atoms with Gasteiger partial charge in [0.25, 0.3) is 0 Å². The molecule has 18 heavy (non-hydrogen) atoms. The van der Waals surface area contributed by atoms with Crippen LogP contribution in [0.5, 0.6) is 11.5 Å². The Balaban J connectivity index is 2.37. The lowest BCUT2D eigenvalue weighted by molar-refractivity contribution is 0.276. The van der Waals surface area contributed by atoms with E-state index in [1.807, 2.05) is 0 Å². The molecule has 0 aliphatic carbocycles. The molecule has 0 aromatic heterocycles. The van der Waals surface area contributed by atoms with Crippen molar-refractivity contribution in [1.82, 2.24) is 0 Å². The van der Waals surface area contributed by atoms with Gasteiger partial charge in [-0.25, -0.2) is 0 Å². The highest BCUT2D eigenvalue weighted by molar-refractivity contribution is 6.35. The predicted molar refractivity (Wildman–Crippen MR) is 73.9 cm³/mol. The molecule has 0 spiro atoms. The van der Waals surface area contributed by atoms with Crippen LogP contribution in [0.15, 0.2) is 36.4 Å². The van der Waals surface area contributed by atoms with E-state index in [2.05, 4.69) is 0 Å². The van der Waals surface area contributed by atoms with Crippen LogP contribution >= 0.6 is 34.8 Å². The van der Waals surface area contributed by atoms with Gasteiger partial charge in [-0.3, -0.25) is 0 Å². The second-order valence-corrected chi connectivity index (χ2v) is 4.80. The molecule has 0 bridgehead atoms. The highest BCUT2D eigenvalue weighted by Crippen LogP contribution is 2.35. The van der Waals surface area contributed by atoms with Crippen LogP contribution < -0.4 is 4.74 Å². The molecule has 0 amide bonds. The summed E-state index contributed by atoms with van der Waals surface area (Å²) in [6, 6.07) is 10.0. The van der Waals surface area contributed by atoms with Gasteiger partial charge in [0.15, 0.2) is 0 Å². The van der Waals surface area contributed by atoms with Crippen molar-refractivity contribution < 1.29 is 9.84 Å². The quantitative estimate of drug-likeness (QED) is 0.871. The normalized spacial score (nSPS) is 10.4. The van der Waals surface area contributed by atoms with Crippen molar-refractivity contribution >= 4 is 34.8 Å². The summed E-state index contributed by atoms with van der Waals surface area (Å²) in [5.41, 5.74) is 0.519. The van der Waals surface area contributed by atoms with Crippen molar-refractivity contribution in [3.05, 3.63) is 57.0 Å². The van der Waals surface area contributed by atoms with Gasteiger partial charge in [-0.05, 0) is 30.3 Å². The fourth-order valence-electron chi connectivity index (χ4n) is 1.46. The zero-order valence-corrected chi connectivity index (χ0v) is 11.4. The molecular weight excluding hydrogens is 294 g/mol. The van der Waals surface area contributed by atoms with Crippen molar-refractivity contribution in [3.8, 4) is 11.5 Å². The molecule has 2 aromatic carbocycles. The second-order valence-electron chi connectivity index (χ2n) is 3.55. The van der Waals surface area contributed by atoms with Crippen LogP contribution in [-0.4, -0.2) is 5.11 Å². The van der Waals surface area contributed by atoms with Gasteiger partial charge >= 0.3 is 0 Å². The summed E-state index contributed by atoms with van der Waals surface area (Å²) in [5, 5.41) is 10.6. The van der Waals surface area contributed by atoms with E-state index in [-0.39, 0.29) is 6.61 Å². The lowest BCUT2D eigenvalue weighted by Crippen LogP contribution is -1.93. The Hall–Kier alpha value is -0.930. The number of halogens is 3. The number of hydrogen-bond donors (Lipinski definition) is 1. The van der Waals surface area contributed by atoms with E-state index in [1.54, 1.807) is 36.4 Å². The van der Waals surface area contributed by atoms with Crippen molar-refractivity contribution in [2.75, 3.05) is 0 Å². The molecule has 0 heterocycles. The second kappa shape index (κ2) is 5.81. The van der Waals surface area contributed by atoms with Gasteiger partial charge in [0.05, 0.1) is 11.6 Å². The fourth-order valence-corrected chi connectivity index (χ4v) is 2.14. The third kappa shape index (κ3) is 2.90. The molecule has 0 aliphatic heterocycles. The molecule has 0 saturated carbocycles. The van der Waals surface area contributed by atoms with Crippen molar-refractivity contribution in [3.63, 3.8) is 0 Å². The molecule has 0 fully saturated rings. The predicted octanol–water partition coefficient (Wildman–Crippen LogP) is 4.93. The lowest BCUT2D eigenvalue weighted by Gasteiger charge is -2.12. The fraction of sp³-hybridized carbons (Fsp3) is 0.0769. The molecule has 0 aliphatic rings. The molecule has 1 N–H and O–H groups in total. The average molecular weight is 304 g/mol. The summed E-state index contributed by atoms with van der Waals surface area (Å²) in [6.07, 6.45) is 0. The van der Waals surface area contributed by atoms with Crippen LogP contribution in [0.3, 0.4) is 0 Å². The third-order valence-corrected chi connectivity index (χ3v) is 3.23. The van der Waals surface area contributed by atoms with Crippen LogP contribution in [0.25, 0.3) is 0 Å². The van der Waals surface area contributed by atoms with Gasteiger partial charge in [-0.15, -0.1) is 0 Å². The van der Waals surface area contributed by atoms with Crippen LogP contribution in [0.1, 0.15) is 5.56 Å². The van der Waals surface area contributed by atoms with E-state index in [1.165, 1.54) is 0 Å². The van der Waals surface area contributed by atoms with E-state index < -0.39 is 0 Å². The average Bonchev–Trinajstić information content (AvgIpc) is 2.33. The Morgan fingerprint density at radius 1 is 0.944 bits per heavy atom. The summed E-state index contributed by atoms with van der Waals surface area (Å²) < 4.78 is 5.63. The molecule has 0 saturated heterocycles. The van der Waals surface area contributed by atoms with E-state index in [4.69, 9.17) is 39.5 Å². The van der Waals surface area contributed by atoms with E-state index in [0.717, 1.165) is 0 Å². The van der Waals surface area contributed by atoms with Gasteiger partial charge in [0.2, 0.25) is 0 Å². The standard InChI is InChI=1S/C13H9Cl3O2/c14-8-4-5-13(11(16)6-8)18-12-3-1-2-10(15)9(12)7-17/h1-6,17H,7H2. The number of hydrogen-bond acceptors (Lipinski definition) is 2. The van der Waals surface area contributed by atoms with Gasteiger partial charge in [-0.1, -0.05) is 40.9 Å². The maximum Gasteiger partial charge on any atom is 0.146 e. The molecule has 0 atom stereocenters. The minimum absolute atomic E-state index is 0.208. The van der Waals surface area contributed by atoms with Crippen LogP contribution in [0.4, 0.5) is 0 Å². The Kier molecular flexibility index (Phi) is 4.36. The largest absolute Gasteiger partial charge is 0.455 e. The first-order valence-electron chi connectivity index (χ1n) is 5.13. The summed E-state index contributed by atoms with van der Waals surface area (Å²) in [5.74, 6) is 0.923. The molecular formula is C13H9Cl3O2. The highest BCUT2D eigenvalue weighted by Gasteiger charge is 2.10. The molecule has 2 aromatic rings. The first kappa shape index (κ1) is 13.5. The van der Waals surface area contributed by atoms with Crippen molar-refractivity contribution in [2.45, 2.75) is 6.61 Å². The summed E-state index contributed by atoms with van der Waals surface area (Å²) in [4.78, 5) is 0. The van der Waals surface area contributed by atoms with Crippen molar-refractivity contribution in [1.29, 1.82) is 0 Å². The maximum atomic E-state index is 9.27. The minimum atomic E-state index is -0.208. The van der Waals surface area contributed by atoms with Gasteiger partial charge in [0.1, 0.15) is 11.5 Å². The number of ether oxygens (including phenoxy) is 1. The highest BCUT2D eigenvalue weighted by atomic mass is 35.5. The minimum Gasteiger partial charge on any atom is -0.455 e. The Morgan fingerprint density at radius 3 is 2.39 bits per heavy atom. The van der Waals surface area contributed by atoms with Gasteiger partial charge in [0, 0.05) is 15.6 Å². The smallest absolute Gasteiger partial charge is 0.146 e.